The number of piperidine rings is 1. The van der Waals surface area contributed by atoms with Crippen LogP contribution in [0.5, 0.6) is 5.75 Å². The standard InChI is InChI=1S/C34H31N2O5PS/c1-41-27-14-11-23(12-15-27)24-16-18-36(19-17-24)34(38)32-31(28-8-4-5-9-30(28)43-32)29(21-42(39)40)33(37)35-26-13-10-22-6-2-3-7-25(22)20-26/h2-15,20,24,29H,16-19,21H2,1H3,(H-,35,37,39,40)/p+1. The number of carbonyl (C=O) groups is 2. The number of hydrogen-bond donors (Lipinski definition) is 2. The van der Waals surface area contributed by atoms with E-state index in [0.29, 0.717) is 35.1 Å². The van der Waals surface area contributed by atoms with Gasteiger partial charge in [0.15, 0.2) is 6.16 Å². The second-order valence-electron chi connectivity index (χ2n) is 10.8. The third kappa shape index (κ3) is 6.18. The van der Waals surface area contributed by atoms with Crippen LogP contribution in [0.15, 0.2) is 91.0 Å². The Kier molecular flexibility index (Phi) is 8.52. The first-order chi connectivity index (χ1) is 20.9. The van der Waals surface area contributed by atoms with E-state index in [1.165, 1.54) is 16.9 Å². The Morgan fingerprint density at radius 1 is 0.977 bits per heavy atom. The Hall–Kier alpha value is -4.10. The van der Waals surface area contributed by atoms with E-state index in [2.05, 4.69) is 17.4 Å². The number of rotatable bonds is 8. The van der Waals surface area contributed by atoms with Gasteiger partial charge in [0.25, 0.3) is 5.91 Å². The fourth-order valence-corrected chi connectivity index (χ4v) is 7.86. The van der Waals surface area contributed by atoms with Crippen LogP contribution in [-0.4, -0.2) is 48.0 Å². The molecule has 4 aromatic carbocycles. The molecule has 43 heavy (non-hydrogen) atoms. The molecule has 9 heteroatoms. The minimum absolute atomic E-state index is 0.138. The van der Waals surface area contributed by atoms with E-state index in [9.17, 15) is 19.0 Å². The minimum atomic E-state index is -2.66. The topological polar surface area (TPSA) is 95.9 Å². The maximum absolute atomic E-state index is 14.1. The predicted octanol–water partition coefficient (Wildman–Crippen LogP) is 7.54. The monoisotopic (exact) mass is 611 g/mol. The summed E-state index contributed by atoms with van der Waals surface area (Å²) < 4.78 is 18.4. The first-order valence-corrected chi connectivity index (χ1v) is 16.5. The second-order valence-corrected chi connectivity index (χ2v) is 12.9. The van der Waals surface area contributed by atoms with Gasteiger partial charge in [-0.25, -0.2) is 0 Å². The van der Waals surface area contributed by atoms with Crippen molar-refractivity contribution in [3.63, 3.8) is 0 Å². The highest BCUT2D eigenvalue weighted by Gasteiger charge is 2.37. The molecule has 2 heterocycles. The molecule has 0 aliphatic carbocycles. The summed E-state index contributed by atoms with van der Waals surface area (Å²) in [6, 6.07) is 29.1. The summed E-state index contributed by atoms with van der Waals surface area (Å²) in [5.41, 5.74) is 2.35. The second kappa shape index (κ2) is 12.6. The number of fused-ring (bicyclic) bond motifs is 2. The van der Waals surface area contributed by atoms with Crippen LogP contribution in [-0.2, 0) is 9.36 Å². The molecular formula is C34H32N2O5PS+. The molecular weight excluding hydrogens is 579 g/mol. The normalized spacial score (nSPS) is 14.9. The number of nitrogens with one attached hydrogen (secondary N) is 1. The van der Waals surface area contributed by atoms with Crippen LogP contribution in [0.25, 0.3) is 20.9 Å². The van der Waals surface area contributed by atoms with Gasteiger partial charge < -0.3 is 15.0 Å². The van der Waals surface area contributed by atoms with Crippen molar-refractivity contribution in [1.82, 2.24) is 4.90 Å². The van der Waals surface area contributed by atoms with Gasteiger partial charge >= 0.3 is 8.03 Å². The van der Waals surface area contributed by atoms with Crippen LogP contribution < -0.4 is 10.1 Å². The maximum Gasteiger partial charge on any atom is 0.506 e. The van der Waals surface area contributed by atoms with Crippen molar-refractivity contribution in [3.8, 4) is 5.75 Å². The summed E-state index contributed by atoms with van der Waals surface area (Å²) in [6.45, 7) is 1.18. The van der Waals surface area contributed by atoms with Crippen molar-refractivity contribution in [2.75, 3.05) is 31.7 Å². The largest absolute Gasteiger partial charge is 0.506 e. The number of carbonyl (C=O) groups excluding carboxylic acids is 2. The molecule has 1 aromatic heterocycles. The summed E-state index contributed by atoms with van der Waals surface area (Å²) >= 11 is 1.35. The van der Waals surface area contributed by atoms with Crippen LogP contribution in [0.3, 0.4) is 0 Å². The van der Waals surface area contributed by atoms with Gasteiger partial charge in [0.05, 0.1) is 12.0 Å². The maximum atomic E-state index is 14.1. The van der Waals surface area contributed by atoms with Gasteiger partial charge in [-0.1, -0.05) is 60.7 Å². The van der Waals surface area contributed by atoms with Crippen molar-refractivity contribution in [2.45, 2.75) is 24.7 Å². The summed E-state index contributed by atoms with van der Waals surface area (Å²) in [6.07, 6.45) is 1.37. The number of anilines is 1. The Morgan fingerprint density at radius 2 is 1.67 bits per heavy atom. The van der Waals surface area contributed by atoms with Crippen molar-refractivity contribution in [3.05, 3.63) is 107 Å². The Bertz CT molecular complexity index is 1810. The molecule has 0 bridgehead atoms. The lowest BCUT2D eigenvalue weighted by molar-refractivity contribution is -0.117. The molecule has 1 aliphatic rings. The highest BCUT2D eigenvalue weighted by atomic mass is 32.1. The Morgan fingerprint density at radius 3 is 2.40 bits per heavy atom. The molecule has 2 unspecified atom stereocenters. The molecule has 0 spiro atoms. The number of benzene rings is 4. The Balaban J connectivity index is 1.29. The summed E-state index contributed by atoms with van der Waals surface area (Å²) in [7, 11) is -1.01. The molecule has 2 N–H and O–H groups in total. The zero-order valence-corrected chi connectivity index (χ0v) is 25.4. The fourth-order valence-electron chi connectivity index (χ4n) is 5.96. The lowest BCUT2D eigenvalue weighted by Gasteiger charge is -2.32. The van der Waals surface area contributed by atoms with E-state index in [0.717, 1.165) is 39.4 Å². The highest BCUT2D eigenvalue weighted by molar-refractivity contribution is 7.38. The first-order valence-electron chi connectivity index (χ1n) is 14.3. The summed E-state index contributed by atoms with van der Waals surface area (Å²) in [4.78, 5) is 40.3. The van der Waals surface area contributed by atoms with E-state index >= 15 is 0 Å². The molecule has 218 valence electrons. The molecule has 1 aliphatic heterocycles. The van der Waals surface area contributed by atoms with E-state index < -0.39 is 19.9 Å². The Labute approximate surface area is 255 Å². The third-order valence-electron chi connectivity index (χ3n) is 8.22. The molecule has 0 radical (unpaired) electrons. The number of nitrogens with zero attached hydrogens (tertiary/aromatic N) is 1. The van der Waals surface area contributed by atoms with Gasteiger partial charge in [0.2, 0.25) is 5.91 Å². The van der Waals surface area contributed by atoms with Crippen molar-refractivity contribution < 1.29 is 23.8 Å². The molecule has 2 amide bonds. The van der Waals surface area contributed by atoms with E-state index in [1.807, 2.05) is 83.8 Å². The predicted molar refractivity (Wildman–Crippen MR) is 173 cm³/mol. The molecule has 6 rings (SSSR count). The van der Waals surface area contributed by atoms with Gasteiger partial charge in [-0.3, -0.25) is 9.59 Å². The number of likely N-dealkylation sites (tertiary alicyclic amines) is 1. The van der Waals surface area contributed by atoms with Crippen molar-refractivity contribution >= 4 is 57.7 Å². The van der Waals surface area contributed by atoms with Crippen LogP contribution in [0.2, 0.25) is 0 Å². The van der Waals surface area contributed by atoms with E-state index in [-0.39, 0.29) is 12.1 Å². The number of thiophene rings is 1. The molecule has 1 saturated heterocycles. The molecule has 2 atom stereocenters. The summed E-state index contributed by atoms with van der Waals surface area (Å²) in [5.74, 6) is -0.371. The number of ether oxygens (including phenoxy) is 1. The summed E-state index contributed by atoms with van der Waals surface area (Å²) in [5, 5.41) is 5.74. The van der Waals surface area contributed by atoms with Gasteiger partial charge in [0.1, 0.15) is 11.7 Å². The first kappa shape index (κ1) is 29.0. The van der Waals surface area contributed by atoms with Gasteiger partial charge in [0, 0.05) is 29.0 Å². The van der Waals surface area contributed by atoms with E-state index in [4.69, 9.17) is 4.74 Å². The van der Waals surface area contributed by atoms with Crippen LogP contribution in [0, 0.1) is 0 Å². The van der Waals surface area contributed by atoms with Crippen LogP contribution >= 0.6 is 19.4 Å². The van der Waals surface area contributed by atoms with Crippen LogP contribution in [0.1, 0.15) is 45.5 Å². The molecule has 5 aromatic rings. The van der Waals surface area contributed by atoms with Crippen molar-refractivity contribution in [2.24, 2.45) is 0 Å². The lowest BCUT2D eigenvalue weighted by Crippen LogP contribution is -2.38. The van der Waals surface area contributed by atoms with Gasteiger partial charge in [-0.2, -0.15) is 4.89 Å². The zero-order valence-electron chi connectivity index (χ0n) is 23.7. The average molecular weight is 612 g/mol. The van der Waals surface area contributed by atoms with Crippen LogP contribution in [0.4, 0.5) is 5.69 Å². The highest BCUT2D eigenvalue weighted by Crippen LogP contribution is 2.41. The van der Waals surface area contributed by atoms with E-state index in [1.54, 1.807) is 7.11 Å². The quantitative estimate of drug-likeness (QED) is 0.177. The average Bonchev–Trinajstić information content (AvgIpc) is 3.42. The number of methoxy groups -OCH3 is 1. The molecule has 0 saturated carbocycles. The third-order valence-corrected chi connectivity index (χ3v) is 10.1. The molecule has 1 fully saturated rings. The lowest BCUT2D eigenvalue weighted by atomic mass is 9.89. The number of hydrogen-bond acceptors (Lipinski definition) is 5. The van der Waals surface area contributed by atoms with Gasteiger partial charge in [-0.15, -0.1) is 11.3 Å². The SMILES string of the molecule is COc1ccc(C2CCN(C(=O)c3sc4ccccc4c3C(C[P+](=O)O)C(=O)Nc3ccc4ccccc4c3)CC2)cc1. The van der Waals surface area contributed by atoms with Gasteiger partial charge in [-0.05, 0) is 75.4 Å². The minimum Gasteiger partial charge on any atom is -0.497 e. The molecule has 7 nitrogen and oxygen atoms in total. The van der Waals surface area contributed by atoms with Crippen molar-refractivity contribution in [1.29, 1.82) is 0 Å². The smallest absolute Gasteiger partial charge is 0.497 e. The number of amides is 2. The fraction of sp³-hybridized carbons (Fsp3) is 0.235. The zero-order chi connectivity index (χ0) is 29.9.